The van der Waals surface area contributed by atoms with Crippen molar-refractivity contribution in [3.63, 3.8) is 0 Å². The van der Waals surface area contributed by atoms with Gasteiger partial charge in [0.25, 0.3) is 0 Å². The van der Waals surface area contributed by atoms with Gasteiger partial charge in [-0.1, -0.05) is 13.3 Å². The zero-order valence-electron chi connectivity index (χ0n) is 9.63. The lowest BCUT2D eigenvalue weighted by Gasteiger charge is -2.38. The maximum atomic E-state index is 12.6. The Bertz CT molecular complexity index is 290. The fourth-order valence-corrected chi connectivity index (χ4v) is 2.54. The minimum atomic E-state index is -4.30. The fourth-order valence-electron chi connectivity index (χ4n) is 2.54. The van der Waals surface area contributed by atoms with E-state index in [-0.39, 0.29) is 19.3 Å². The Morgan fingerprint density at radius 1 is 1.29 bits per heavy atom. The van der Waals surface area contributed by atoms with Gasteiger partial charge in [-0.05, 0) is 31.6 Å². The molecule has 1 fully saturated rings. The number of rotatable bonds is 3. The first-order valence-electron chi connectivity index (χ1n) is 5.74. The van der Waals surface area contributed by atoms with Crippen molar-refractivity contribution in [2.75, 3.05) is 0 Å². The number of aliphatic hydroxyl groups is 1. The van der Waals surface area contributed by atoms with Gasteiger partial charge in [-0.2, -0.15) is 13.2 Å². The molecule has 0 aliphatic heterocycles. The molecule has 1 aliphatic carbocycles. The van der Waals surface area contributed by atoms with Crippen molar-refractivity contribution in [2.45, 2.75) is 50.8 Å². The lowest BCUT2D eigenvalue weighted by molar-refractivity contribution is -0.199. The summed E-state index contributed by atoms with van der Waals surface area (Å²) >= 11 is 0. The van der Waals surface area contributed by atoms with Gasteiger partial charge in [0, 0.05) is 0 Å². The number of hydrogen-bond acceptors (Lipinski definition) is 2. The van der Waals surface area contributed by atoms with E-state index in [1.54, 1.807) is 0 Å². The highest BCUT2D eigenvalue weighted by molar-refractivity contribution is 5.77. The van der Waals surface area contributed by atoms with E-state index in [1.165, 1.54) is 6.92 Å². The molecule has 0 saturated heterocycles. The summed E-state index contributed by atoms with van der Waals surface area (Å²) in [5.41, 5.74) is -2.02. The van der Waals surface area contributed by atoms with Gasteiger partial charge in [-0.15, -0.1) is 0 Å². The molecule has 0 aromatic rings. The molecule has 0 aromatic carbocycles. The Labute approximate surface area is 97.6 Å². The van der Waals surface area contributed by atoms with Crippen LogP contribution in [0.15, 0.2) is 0 Å². The maximum Gasteiger partial charge on any atom is 0.391 e. The van der Waals surface area contributed by atoms with Gasteiger partial charge in [-0.25, -0.2) is 4.79 Å². The molecule has 0 spiro atoms. The van der Waals surface area contributed by atoms with Crippen LogP contribution in [0.3, 0.4) is 0 Å². The van der Waals surface area contributed by atoms with E-state index in [1.807, 2.05) is 0 Å². The molecule has 6 heteroatoms. The number of hydrogen-bond donors (Lipinski definition) is 2. The van der Waals surface area contributed by atoms with Gasteiger partial charge in [0.05, 0.1) is 5.92 Å². The van der Waals surface area contributed by atoms with Crippen molar-refractivity contribution in [3.8, 4) is 0 Å². The van der Waals surface area contributed by atoms with Crippen LogP contribution in [0.1, 0.15) is 39.0 Å². The first-order chi connectivity index (χ1) is 7.71. The van der Waals surface area contributed by atoms with Crippen LogP contribution >= 0.6 is 0 Å². The Morgan fingerprint density at radius 2 is 1.82 bits per heavy atom. The molecule has 0 bridgehead atoms. The summed E-state index contributed by atoms with van der Waals surface area (Å²) < 4.78 is 37.7. The molecule has 17 heavy (non-hydrogen) atoms. The molecular weight excluding hydrogens is 237 g/mol. The summed E-state index contributed by atoms with van der Waals surface area (Å²) in [4.78, 5) is 11.0. The van der Waals surface area contributed by atoms with Crippen LogP contribution in [0.5, 0.6) is 0 Å². The third-order valence-electron chi connectivity index (χ3n) is 3.72. The van der Waals surface area contributed by atoms with Crippen LogP contribution < -0.4 is 0 Å². The smallest absolute Gasteiger partial charge is 0.391 e. The average molecular weight is 254 g/mol. The van der Waals surface area contributed by atoms with Crippen molar-refractivity contribution in [2.24, 2.45) is 11.8 Å². The second-order valence-electron chi connectivity index (χ2n) is 4.69. The number of alkyl halides is 3. The first-order valence-corrected chi connectivity index (χ1v) is 5.74. The predicted molar refractivity (Wildman–Crippen MR) is 54.4 cm³/mol. The van der Waals surface area contributed by atoms with Gasteiger partial charge in [0.2, 0.25) is 0 Å². The zero-order chi connectivity index (χ0) is 13.3. The quantitative estimate of drug-likeness (QED) is 0.813. The van der Waals surface area contributed by atoms with E-state index in [2.05, 4.69) is 0 Å². The number of carboxylic acid groups (broad SMARTS) is 1. The summed E-state index contributed by atoms with van der Waals surface area (Å²) in [6.07, 6.45) is -3.99. The summed E-state index contributed by atoms with van der Waals surface area (Å²) in [7, 11) is 0. The van der Waals surface area contributed by atoms with Crippen LogP contribution in [0.25, 0.3) is 0 Å². The monoisotopic (exact) mass is 254 g/mol. The molecule has 0 radical (unpaired) electrons. The van der Waals surface area contributed by atoms with Gasteiger partial charge >= 0.3 is 12.1 Å². The molecule has 3 atom stereocenters. The predicted octanol–water partition coefficient (Wildman–Crippen LogP) is 2.58. The highest BCUT2D eigenvalue weighted by atomic mass is 19.4. The Hall–Kier alpha value is -0.780. The van der Waals surface area contributed by atoms with Crippen molar-refractivity contribution in [1.29, 1.82) is 0 Å². The number of carbonyl (C=O) groups is 1. The second kappa shape index (κ2) is 4.84. The molecule has 1 rings (SSSR count). The van der Waals surface area contributed by atoms with Crippen LogP contribution in [0, 0.1) is 11.8 Å². The third kappa shape index (κ3) is 2.91. The Kier molecular flexibility index (Phi) is 4.06. The molecule has 2 N–H and O–H groups in total. The lowest BCUT2D eigenvalue weighted by Crippen LogP contribution is -2.48. The number of carboxylic acids is 1. The van der Waals surface area contributed by atoms with E-state index in [9.17, 15) is 23.1 Å². The van der Waals surface area contributed by atoms with Crippen molar-refractivity contribution in [1.82, 2.24) is 0 Å². The van der Waals surface area contributed by atoms with E-state index in [0.717, 1.165) is 0 Å². The van der Waals surface area contributed by atoms with Crippen LogP contribution in [0.2, 0.25) is 0 Å². The van der Waals surface area contributed by atoms with Crippen LogP contribution in [-0.2, 0) is 4.79 Å². The average Bonchev–Trinajstić information content (AvgIpc) is 2.26. The summed E-state index contributed by atoms with van der Waals surface area (Å²) in [6.45, 7) is 1.48. The molecular formula is C11H17F3O3. The van der Waals surface area contributed by atoms with Crippen molar-refractivity contribution < 1.29 is 28.2 Å². The largest absolute Gasteiger partial charge is 0.479 e. The Morgan fingerprint density at radius 3 is 2.24 bits per heavy atom. The summed E-state index contributed by atoms with van der Waals surface area (Å²) in [6, 6.07) is 0. The highest BCUT2D eigenvalue weighted by Crippen LogP contribution is 2.44. The van der Waals surface area contributed by atoms with Crippen molar-refractivity contribution >= 4 is 5.97 Å². The summed E-state index contributed by atoms with van der Waals surface area (Å²) in [5, 5.41) is 18.9. The molecule has 100 valence electrons. The molecule has 0 aromatic heterocycles. The Balaban J connectivity index is 2.82. The van der Waals surface area contributed by atoms with E-state index < -0.39 is 29.6 Å². The lowest BCUT2D eigenvalue weighted by atomic mass is 9.71. The first kappa shape index (κ1) is 14.3. The molecule has 1 saturated carbocycles. The fraction of sp³-hybridized carbons (Fsp3) is 0.909. The van der Waals surface area contributed by atoms with Gasteiger partial charge < -0.3 is 10.2 Å². The minimum absolute atomic E-state index is 0.0272. The summed E-state index contributed by atoms with van der Waals surface area (Å²) in [5.74, 6) is -3.73. The third-order valence-corrected chi connectivity index (χ3v) is 3.72. The van der Waals surface area contributed by atoms with E-state index >= 15 is 0 Å². The standard InChI is InChI=1S/C11H17F3O3/c1-2-10(17,9(15)16)7-4-3-5-8(6-7)11(12,13)14/h7-8,17H,2-6H2,1H3,(H,15,16). The maximum absolute atomic E-state index is 12.6. The SMILES string of the molecule is CCC(O)(C(=O)O)C1CCCC(C(F)(F)F)C1. The second-order valence-corrected chi connectivity index (χ2v) is 4.69. The topological polar surface area (TPSA) is 57.5 Å². The van der Waals surface area contributed by atoms with Crippen LogP contribution in [0.4, 0.5) is 13.2 Å². The normalized spacial score (nSPS) is 29.7. The van der Waals surface area contributed by atoms with Gasteiger partial charge in [0.1, 0.15) is 0 Å². The van der Waals surface area contributed by atoms with E-state index in [0.29, 0.717) is 12.8 Å². The molecule has 3 nitrogen and oxygen atoms in total. The van der Waals surface area contributed by atoms with E-state index in [4.69, 9.17) is 5.11 Å². The molecule has 0 heterocycles. The van der Waals surface area contributed by atoms with Gasteiger partial charge in [0.15, 0.2) is 5.60 Å². The zero-order valence-corrected chi connectivity index (χ0v) is 9.63. The molecule has 1 aliphatic rings. The molecule has 0 amide bonds. The number of aliphatic carboxylic acids is 1. The minimum Gasteiger partial charge on any atom is -0.479 e. The molecule has 3 unspecified atom stereocenters. The van der Waals surface area contributed by atoms with Crippen LogP contribution in [-0.4, -0.2) is 28.0 Å². The van der Waals surface area contributed by atoms with Gasteiger partial charge in [-0.3, -0.25) is 0 Å². The number of halogens is 3. The highest BCUT2D eigenvalue weighted by Gasteiger charge is 2.49. The van der Waals surface area contributed by atoms with Crippen molar-refractivity contribution in [3.05, 3.63) is 0 Å².